The molecule has 0 bridgehead atoms. The third-order valence-corrected chi connectivity index (χ3v) is 5.30. The summed E-state index contributed by atoms with van der Waals surface area (Å²) in [7, 11) is -3.96. The number of carbonyl (C=O) groups is 1. The lowest BCUT2D eigenvalue weighted by atomic mass is 10.0. The predicted molar refractivity (Wildman–Crippen MR) is 81.1 cm³/mol. The van der Waals surface area contributed by atoms with Crippen molar-refractivity contribution in [3.05, 3.63) is 29.8 Å². The third-order valence-electron chi connectivity index (χ3n) is 3.84. The van der Waals surface area contributed by atoms with Crippen LogP contribution in [0.5, 0.6) is 0 Å². The van der Waals surface area contributed by atoms with Gasteiger partial charge in [0.1, 0.15) is 0 Å². The van der Waals surface area contributed by atoms with Crippen molar-refractivity contribution in [1.29, 1.82) is 0 Å². The van der Waals surface area contributed by atoms with Crippen LogP contribution in [0.4, 0.5) is 8.78 Å². The molecule has 1 aromatic carbocycles. The molecule has 5 nitrogen and oxygen atoms in total. The fourth-order valence-electron chi connectivity index (χ4n) is 2.59. The summed E-state index contributed by atoms with van der Waals surface area (Å²) >= 11 is 0. The van der Waals surface area contributed by atoms with Crippen molar-refractivity contribution in [3.63, 3.8) is 0 Å². The van der Waals surface area contributed by atoms with Gasteiger partial charge in [-0.3, -0.25) is 4.79 Å². The highest BCUT2D eigenvalue weighted by Gasteiger charge is 2.22. The van der Waals surface area contributed by atoms with Crippen molar-refractivity contribution in [2.75, 3.05) is 19.6 Å². The smallest absolute Gasteiger partial charge is 0.240 e. The van der Waals surface area contributed by atoms with Gasteiger partial charge in [-0.15, -0.1) is 0 Å². The average molecular weight is 346 g/mol. The van der Waals surface area contributed by atoms with Crippen molar-refractivity contribution in [2.45, 2.75) is 31.1 Å². The van der Waals surface area contributed by atoms with Gasteiger partial charge in [-0.2, -0.15) is 0 Å². The second kappa shape index (κ2) is 7.35. The zero-order chi connectivity index (χ0) is 17.0. The SMILES string of the molecule is CC1CCCN(C(=O)CCNS(=O)(=O)c2ccc(F)c(F)c2)C1. The largest absolute Gasteiger partial charge is 0.342 e. The van der Waals surface area contributed by atoms with E-state index in [1.54, 1.807) is 4.90 Å². The Morgan fingerprint density at radius 2 is 2.09 bits per heavy atom. The molecule has 128 valence electrons. The summed E-state index contributed by atoms with van der Waals surface area (Å²) in [5, 5.41) is 0. The number of amides is 1. The van der Waals surface area contributed by atoms with E-state index in [4.69, 9.17) is 0 Å². The van der Waals surface area contributed by atoms with E-state index in [1.165, 1.54) is 0 Å². The van der Waals surface area contributed by atoms with Crippen molar-refractivity contribution < 1.29 is 22.0 Å². The third kappa shape index (κ3) is 4.71. The number of hydrogen-bond acceptors (Lipinski definition) is 3. The maximum atomic E-state index is 13.1. The normalized spacial score (nSPS) is 18.9. The van der Waals surface area contributed by atoms with Crippen LogP contribution in [0.25, 0.3) is 0 Å². The number of nitrogens with zero attached hydrogens (tertiary/aromatic N) is 1. The molecule has 2 rings (SSSR count). The number of halogens is 2. The zero-order valence-electron chi connectivity index (χ0n) is 12.9. The Kier molecular flexibility index (Phi) is 5.69. The monoisotopic (exact) mass is 346 g/mol. The Morgan fingerprint density at radius 1 is 1.35 bits per heavy atom. The predicted octanol–water partition coefficient (Wildman–Crippen LogP) is 1.89. The quantitative estimate of drug-likeness (QED) is 0.885. The molecule has 1 aliphatic heterocycles. The second-order valence-corrected chi connectivity index (χ2v) is 7.58. The van der Waals surface area contributed by atoms with Crippen LogP contribution in [0, 0.1) is 17.6 Å². The van der Waals surface area contributed by atoms with Crippen molar-refractivity contribution in [2.24, 2.45) is 5.92 Å². The Balaban J connectivity index is 1.89. The van der Waals surface area contributed by atoms with Gasteiger partial charge in [0, 0.05) is 26.1 Å². The van der Waals surface area contributed by atoms with Gasteiger partial charge in [-0.1, -0.05) is 6.92 Å². The lowest BCUT2D eigenvalue weighted by molar-refractivity contribution is -0.132. The fraction of sp³-hybridized carbons (Fsp3) is 0.533. The molecular weight excluding hydrogens is 326 g/mol. The van der Waals surface area contributed by atoms with E-state index < -0.39 is 21.7 Å². The molecule has 1 atom stereocenters. The highest BCUT2D eigenvalue weighted by Crippen LogP contribution is 2.16. The van der Waals surface area contributed by atoms with Gasteiger partial charge in [0.15, 0.2) is 11.6 Å². The molecule has 0 radical (unpaired) electrons. The number of rotatable bonds is 5. The maximum Gasteiger partial charge on any atom is 0.240 e. The van der Waals surface area contributed by atoms with Crippen molar-refractivity contribution in [3.8, 4) is 0 Å². The lowest BCUT2D eigenvalue weighted by Gasteiger charge is -2.31. The van der Waals surface area contributed by atoms with Gasteiger partial charge < -0.3 is 4.90 Å². The lowest BCUT2D eigenvalue weighted by Crippen LogP contribution is -2.40. The summed E-state index contributed by atoms with van der Waals surface area (Å²) in [6, 6.07) is 2.35. The van der Waals surface area contributed by atoms with Gasteiger partial charge in [0.25, 0.3) is 0 Å². The number of piperidine rings is 1. The topological polar surface area (TPSA) is 66.5 Å². The van der Waals surface area contributed by atoms with Gasteiger partial charge in [-0.25, -0.2) is 21.9 Å². The number of likely N-dealkylation sites (tertiary alicyclic amines) is 1. The van der Waals surface area contributed by atoms with Crippen LogP contribution >= 0.6 is 0 Å². The summed E-state index contributed by atoms with van der Waals surface area (Å²) in [6.45, 7) is 3.38. The Morgan fingerprint density at radius 3 is 2.74 bits per heavy atom. The molecule has 23 heavy (non-hydrogen) atoms. The molecule has 1 saturated heterocycles. The van der Waals surface area contributed by atoms with Gasteiger partial charge >= 0.3 is 0 Å². The second-order valence-electron chi connectivity index (χ2n) is 5.81. The minimum Gasteiger partial charge on any atom is -0.342 e. The Hall–Kier alpha value is -1.54. The summed E-state index contributed by atoms with van der Waals surface area (Å²) in [6.07, 6.45) is 2.08. The Bertz CT molecular complexity index is 679. The molecular formula is C15H20F2N2O3S. The average Bonchev–Trinajstić information content (AvgIpc) is 2.49. The summed E-state index contributed by atoms with van der Waals surface area (Å²) in [4.78, 5) is 13.4. The molecule has 0 aromatic heterocycles. The zero-order valence-corrected chi connectivity index (χ0v) is 13.7. The number of hydrogen-bond donors (Lipinski definition) is 1. The minimum absolute atomic E-state index is 0.0373. The Labute approximate surface area is 134 Å². The van der Waals surface area contributed by atoms with E-state index in [0.29, 0.717) is 25.1 Å². The van der Waals surface area contributed by atoms with E-state index in [0.717, 1.165) is 25.0 Å². The first-order valence-electron chi connectivity index (χ1n) is 7.52. The van der Waals surface area contributed by atoms with Crippen molar-refractivity contribution >= 4 is 15.9 Å². The van der Waals surface area contributed by atoms with Crippen molar-refractivity contribution in [1.82, 2.24) is 9.62 Å². The molecule has 0 saturated carbocycles. The number of benzene rings is 1. The van der Waals surface area contributed by atoms with Crippen LogP contribution in [0.2, 0.25) is 0 Å². The molecule has 0 spiro atoms. The maximum absolute atomic E-state index is 13.1. The highest BCUT2D eigenvalue weighted by atomic mass is 32.2. The fourth-order valence-corrected chi connectivity index (χ4v) is 3.64. The number of sulfonamides is 1. The highest BCUT2D eigenvalue weighted by molar-refractivity contribution is 7.89. The summed E-state index contributed by atoms with van der Waals surface area (Å²) in [5.74, 6) is -2.00. The van der Waals surface area contributed by atoms with Crippen LogP contribution < -0.4 is 4.72 Å². The first kappa shape index (κ1) is 17.8. The number of nitrogens with one attached hydrogen (secondary N) is 1. The molecule has 1 aliphatic rings. The van der Waals surface area contributed by atoms with E-state index in [1.807, 2.05) is 0 Å². The summed E-state index contributed by atoms with van der Waals surface area (Å²) in [5.41, 5.74) is 0. The molecule has 1 aromatic rings. The molecule has 1 unspecified atom stereocenters. The molecule has 1 amide bonds. The van der Waals surface area contributed by atoms with Crippen LogP contribution in [-0.2, 0) is 14.8 Å². The van der Waals surface area contributed by atoms with Crippen LogP contribution in [0.1, 0.15) is 26.2 Å². The van der Waals surface area contributed by atoms with E-state index in [2.05, 4.69) is 11.6 Å². The summed E-state index contributed by atoms with van der Waals surface area (Å²) < 4.78 is 52.2. The molecule has 0 aliphatic carbocycles. The standard InChI is InChI=1S/C15H20F2N2O3S/c1-11-3-2-8-19(10-11)15(20)6-7-18-23(21,22)12-4-5-13(16)14(17)9-12/h4-5,9,11,18H,2-3,6-8,10H2,1H3. The van der Waals surface area contributed by atoms with Gasteiger partial charge in [0.05, 0.1) is 4.90 Å². The molecule has 1 fully saturated rings. The first-order chi connectivity index (χ1) is 10.8. The van der Waals surface area contributed by atoms with Crippen LogP contribution in [0.15, 0.2) is 23.1 Å². The first-order valence-corrected chi connectivity index (χ1v) is 9.00. The van der Waals surface area contributed by atoms with Gasteiger partial charge in [0.2, 0.25) is 15.9 Å². The van der Waals surface area contributed by atoms with E-state index in [-0.39, 0.29) is 23.8 Å². The van der Waals surface area contributed by atoms with E-state index in [9.17, 15) is 22.0 Å². The molecule has 8 heteroatoms. The molecule has 1 heterocycles. The van der Waals surface area contributed by atoms with E-state index >= 15 is 0 Å². The minimum atomic E-state index is -3.96. The van der Waals surface area contributed by atoms with Crippen LogP contribution in [-0.4, -0.2) is 38.9 Å². The number of carbonyl (C=O) groups excluding carboxylic acids is 1. The molecule has 1 N–H and O–H groups in total. The van der Waals surface area contributed by atoms with Crippen LogP contribution in [0.3, 0.4) is 0 Å². The van der Waals surface area contributed by atoms with Gasteiger partial charge in [-0.05, 0) is 37.0 Å².